The van der Waals surface area contributed by atoms with Gasteiger partial charge in [-0.15, -0.1) is 24.0 Å². The molecule has 0 unspecified atom stereocenters. The highest BCUT2D eigenvalue weighted by atomic mass is 127. The average Bonchev–Trinajstić information content (AvgIpc) is 3.30. The fraction of sp³-hybridized carbons (Fsp3) is 0.500. The van der Waals surface area contributed by atoms with Gasteiger partial charge < -0.3 is 15.4 Å². The summed E-state index contributed by atoms with van der Waals surface area (Å²) in [4.78, 5) is 4.73. The zero-order chi connectivity index (χ0) is 18.2. The molecule has 2 N–H and O–H groups in total. The van der Waals surface area contributed by atoms with E-state index in [1.54, 1.807) is 6.20 Å². The van der Waals surface area contributed by atoms with Crippen molar-refractivity contribution < 1.29 is 4.74 Å². The second-order valence-corrected chi connectivity index (χ2v) is 6.63. The van der Waals surface area contributed by atoms with E-state index in [0.717, 1.165) is 42.4 Å². The molecule has 0 radical (unpaired) electrons. The Kier molecular flexibility index (Phi) is 8.90. The summed E-state index contributed by atoms with van der Waals surface area (Å²) in [5.41, 5.74) is 2.23. The average molecular weight is 483 g/mol. The number of rotatable bonds is 7. The van der Waals surface area contributed by atoms with Gasteiger partial charge in [0.25, 0.3) is 0 Å². The van der Waals surface area contributed by atoms with Gasteiger partial charge in [-0.2, -0.15) is 5.10 Å². The van der Waals surface area contributed by atoms with Gasteiger partial charge in [-0.1, -0.05) is 18.2 Å². The number of para-hydroxylation sites is 1. The molecular formula is C20H30IN5O. The molecule has 7 heteroatoms. The largest absolute Gasteiger partial charge is 0.490 e. The van der Waals surface area contributed by atoms with Crippen LogP contribution in [0.2, 0.25) is 0 Å². The lowest BCUT2D eigenvalue weighted by Gasteiger charge is -2.16. The number of aryl methyl sites for hydroxylation is 1. The lowest BCUT2D eigenvalue weighted by atomic mass is 10.2. The molecular weight excluding hydrogens is 453 g/mol. The zero-order valence-electron chi connectivity index (χ0n) is 16.1. The number of aromatic nitrogens is 2. The van der Waals surface area contributed by atoms with E-state index in [9.17, 15) is 0 Å². The summed E-state index contributed by atoms with van der Waals surface area (Å²) in [5.74, 6) is 1.76. The SMILES string of the molecule is CCNC(=NCc1ccccc1OC1CCCC1)NCc1ccnn1C.I. The van der Waals surface area contributed by atoms with E-state index < -0.39 is 0 Å². The number of nitrogens with zero attached hydrogens (tertiary/aromatic N) is 3. The number of halogens is 1. The van der Waals surface area contributed by atoms with Crippen LogP contribution in [0.3, 0.4) is 0 Å². The lowest BCUT2D eigenvalue weighted by molar-refractivity contribution is 0.208. The maximum Gasteiger partial charge on any atom is 0.191 e. The van der Waals surface area contributed by atoms with Gasteiger partial charge in [0.2, 0.25) is 0 Å². The quantitative estimate of drug-likeness (QED) is 0.359. The van der Waals surface area contributed by atoms with Crippen LogP contribution in [0, 0.1) is 0 Å². The molecule has 1 aliphatic carbocycles. The molecule has 0 bridgehead atoms. The van der Waals surface area contributed by atoms with Gasteiger partial charge in [-0.25, -0.2) is 4.99 Å². The van der Waals surface area contributed by atoms with Crippen molar-refractivity contribution in [2.75, 3.05) is 6.54 Å². The molecule has 0 saturated heterocycles. The summed E-state index contributed by atoms with van der Waals surface area (Å²) >= 11 is 0. The summed E-state index contributed by atoms with van der Waals surface area (Å²) in [6.45, 7) is 4.15. The van der Waals surface area contributed by atoms with E-state index in [1.165, 1.54) is 12.8 Å². The van der Waals surface area contributed by atoms with Crippen LogP contribution in [-0.2, 0) is 20.1 Å². The molecule has 6 nitrogen and oxygen atoms in total. The Morgan fingerprint density at radius 2 is 2.00 bits per heavy atom. The van der Waals surface area contributed by atoms with Gasteiger partial charge in [0, 0.05) is 25.4 Å². The number of hydrogen-bond donors (Lipinski definition) is 2. The predicted octanol–water partition coefficient (Wildman–Crippen LogP) is 3.61. The number of nitrogens with one attached hydrogen (secondary N) is 2. The Morgan fingerprint density at radius 1 is 1.22 bits per heavy atom. The fourth-order valence-corrected chi connectivity index (χ4v) is 3.19. The molecule has 1 aromatic carbocycles. The van der Waals surface area contributed by atoms with Crippen LogP contribution >= 0.6 is 24.0 Å². The topological polar surface area (TPSA) is 63.5 Å². The van der Waals surface area contributed by atoms with E-state index in [4.69, 9.17) is 9.73 Å². The third kappa shape index (κ3) is 6.41. The Hall–Kier alpha value is -1.77. The van der Waals surface area contributed by atoms with Crippen molar-refractivity contribution in [3.05, 3.63) is 47.8 Å². The Labute approximate surface area is 178 Å². The first-order valence-corrected chi connectivity index (χ1v) is 9.50. The van der Waals surface area contributed by atoms with E-state index >= 15 is 0 Å². The molecule has 27 heavy (non-hydrogen) atoms. The molecule has 1 heterocycles. The summed E-state index contributed by atoms with van der Waals surface area (Å²) in [6.07, 6.45) is 7.02. The summed E-state index contributed by atoms with van der Waals surface area (Å²) in [6, 6.07) is 10.2. The van der Waals surface area contributed by atoms with Crippen molar-refractivity contribution in [1.29, 1.82) is 0 Å². The van der Waals surface area contributed by atoms with Crippen molar-refractivity contribution in [3.8, 4) is 5.75 Å². The van der Waals surface area contributed by atoms with E-state index in [0.29, 0.717) is 19.2 Å². The third-order valence-electron chi connectivity index (χ3n) is 4.68. The highest BCUT2D eigenvalue weighted by Crippen LogP contribution is 2.27. The molecule has 1 aliphatic rings. The Balaban J connectivity index is 0.00000261. The minimum Gasteiger partial charge on any atom is -0.490 e. The maximum atomic E-state index is 6.21. The van der Waals surface area contributed by atoms with Gasteiger partial charge in [0.15, 0.2) is 5.96 Å². The van der Waals surface area contributed by atoms with Crippen LogP contribution in [0.15, 0.2) is 41.5 Å². The Bertz CT molecular complexity index is 725. The van der Waals surface area contributed by atoms with E-state index in [1.807, 2.05) is 29.9 Å². The zero-order valence-corrected chi connectivity index (χ0v) is 18.5. The molecule has 3 rings (SSSR count). The number of ether oxygens (including phenoxy) is 1. The molecule has 1 aromatic heterocycles. The van der Waals surface area contributed by atoms with Crippen molar-refractivity contribution in [2.45, 2.75) is 51.8 Å². The van der Waals surface area contributed by atoms with Gasteiger partial charge in [-0.3, -0.25) is 4.68 Å². The van der Waals surface area contributed by atoms with E-state index in [-0.39, 0.29) is 24.0 Å². The number of guanidine groups is 1. The molecule has 1 fully saturated rings. The first-order valence-electron chi connectivity index (χ1n) is 9.50. The molecule has 2 aromatic rings. The van der Waals surface area contributed by atoms with Crippen LogP contribution < -0.4 is 15.4 Å². The van der Waals surface area contributed by atoms with Crippen molar-refractivity contribution >= 4 is 29.9 Å². The van der Waals surface area contributed by atoms with Gasteiger partial charge in [0.1, 0.15) is 5.75 Å². The maximum absolute atomic E-state index is 6.21. The van der Waals surface area contributed by atoms with Gasteiger partial charge >= 0.3 is 0 Å². The van der Waals surface area contributed by atoms with E-state index in [2.05, 4.69) is 34.8 Å². The Morgan fingerprint density at radius 3 is 2.70 bits per heavy atom. The number of benzene rings is 1. The molecule has 0 spiro atoms. The van der Waals surface area contributed by atoms with Gasteiger partial charge in [0.05, 0.1) is 24.9 Å². The highest BCUT2D eigenvalue weighted by molar-refractivity contribution is 14.0. The normalized spacial score (nSPS) is 14.7. The molecule has 1 saturated carbocycles. The predicted molar refractivity (Wildman–Crippen MR) is 120 cm³/mol. The lowest BCUT2D eigenvalue weighted by Crippen LogP contribution is -2.37. The van der Waals surface area contributed by atoms with Crippen molar-refractivity contribution in [1.82, 2.24) is 20.4 Å². The van der Waals surface area contributed by atoms with Gasteiger partial charge in [-0.05, 0) is 44.7 Å². The molecule has 148 valence electrons. The summed E-state index contributed by atoms with van der Waals surface area (Å²) in [7, 11) is 1.94. The van der Waals surface area contributed by atoms with Crippen LogP contribution in [0.25, 0.3) is 0 Å². The van der Waals surface area contributed by atoms with Crippen molar-refractivity contribution in [2.24, 2.45) is 12.0 Å². The number of aliphatic imine (C=N–C) groups is 1. The molecule has 0 amide bonds. The van der Waals surface area contributed by atoms with Crippen molar-refractivity contribution in [3.63, 3.8) is 0 Å². The summed E-state index contributed by atoms with van der Waals surface area (Å²) in [5, 5.41) is 10.9. The smallest absolute Gasteiger partial charge is 0.191 e. The fourth-order valence-electron chi connectivity index (χ4n) is 3.19. The number of hydrogen-bond acceptors (Lipinski definition) is 3. The first-order chi connectivity index (χ1) is 12.8. The first kappa shape index (κ1) is 21.5. The third-order valence-corrected chi connectivity index (χ3v) is 4.68. The highest BCUT2D eigenvalue weighted by Gasteiger charge is 2.17. The standard InChI is InChI=1S/C20H29N5O.HI/c1-3-21-20(23-15-17-12-13-24-25(17)2)22-14-16-8-4-7-11-19(16)26-18-9-5-6-10-18;/h4,7-8,11-13,18H,3,5-6,9-10,14-15H2,1-2H3,(H2,21,22,23);1H. The molecule has 0 aliphatic heterocycles. The second kappa shape index (κ2) is 11.2. The van der Waals surface area contributed by atoms with Crippen LogP contribution in [0.5, 0.6) is 5.75 Å². The van der Waals surface area contributed by atoms with Crippen LogP contribution in [0.1, 0.15) is 43.9 Å². The summed E-state index contributed by atoms with van der Waals surface area (Å²) < 4.78 is 8.07. The minimum absolute atomic E-state index is 0. The van der Waals surface area contributed by atoms with Crippen LogP contribution in [0.4, 0.5) is 0 Å². The minimum atomic E-state index is 0. The van der Waals surface area contributed by atoms with Crippen LogP contribution in [-0.4, -0.2) is 28.4 Å². The second-order valence-electron chi connectivity index (χ2n) is 6.63. The molecule has 0 atom stereocenters. The monoisotopic (exact) mass is 483 g/mol.